The van der Waals surface area contributed by atoms with Crippen LogP contribution in [0.5, 0.6) is 0 Å². The Hall–Kier alpha value is -2.57. The molecule has 0 fully saturated rings. The first-order valence-electron chi connectivity index (χ1n) is 9.31. The van der Waals surface area contributed by atoms with Gasteiger partial charge in [0.1, 0.15) is 17.2 Å². The summed E-state index contributed by atoms with van der Waals surface area (Å²) >= 11 is 0. The van der Waals surface area contributed by atoms with Crippen LogP contribution in [0.2, 0.25) is 0 Å². The second kappa shape index (κ2) is 9.94. The second-order valence-electron chi connectivity index (χ2n) is 7.22. The number of hydrogen-bond donors (Lipinski definition) is 1. The fraction of sp³-hybridized carbons (Fsp3) is 0.571. The molecule has 1 amide bonds. The summed E-state index contributed by atoms with van der Waals surface area (Å²) in [5.74, 6) is -0.550. The summed E-state index contributed by atoms with van der Waals surface area (Å²) < 4.78 is 7.64. The topological polar surface area (TPSA) is 90.8 Å². The van der Waals surface area contributed by atoms with Gasteiger partial charge in [-0.25, -0.2) is 0 Å². The molecule has 1 atom stereocenters. The molecule has 1 heterocycles. The normalized spacial score (nSPS) is 13.7. The van der Waals surface area contributed by atoms with Gasteiger partial charge in [0.15, 0.2) is 0 Å². The van der Waals surface area contributed by atoms with Gasteiger partial charge in [-0.05, 0) is 58.7 Å². The Kier molecular flexibility index (Phi) is 8.28. The minimum Gasteiger partial charge on any atom is -0.379 e. The quantitative estimate of drug-likeness (QED) is 0.531. The summed E-state index contributed by atoms with van der Waals surface area (Å²) in [7, 11) is 0. The highest BCUT2D eigenvalue weighted by molar-refractivity contribution is 6.02. The van der Waals surface area contributed by atoms with Crippen LogP contribution in [-0.2, 0) is 16.1 Å². The number of ether oxygens (including phenoxy) is 1. The number of nitrogens with zero attached hydrogens (tertiary/aromatic N) is 3. The Morgan fingerprint density at radius 3 is 2.59 bits per heavy atom. The van der Waals surface area contributed by atoms with Gasteiger partial charge in [0.2, 0.25) is 0 Å². The summed E-state index contributed by atoms with van der Waals surface area (Å²) in [6.07, 6.45) is 2.99. The Balaban J connectivity index is 3.00. The molecule has 6 heteroatoms. The van der Waals surface area contributed by atoms with Crippen molar-refractivity contribution in [2.24, 2.45) is 0 Å². The molecule has 0 aliphatic heterocycles. The van der Waals surface area contributed by atoms with E-state index in [0.717, 1.165) is 29.9 Å². The zero-order valence-electron chi connectivity index (χ0n) is 17.2. The third-order valence-electron chi connectivity index (χ3n) is 4.41. The lowest BCUT2D eigenvalue weighted by Crippen LogP contribution is -2.46. The molecule has 1 N–H and O–H groups in total. The third-order valence-corrected chi connectivity index (χ3v) is 4.41. The van der Waals surface area contributed by atoms with Crippen LogP contribution in [0, 0.1) is 36.5 Å². The van der Waals surface area contributed by atoms with E-state index in [2.05, 4.69) is 22.9 Å². The van der Waals surface area contributed by atoms with E-state index in [0.29, 0.717) is 13.0 Å². The SMILES string of the molecule is CCCn1c(C)cc(C=C(C#N)C(=O)NC(C)(C#N)CCOC(C)C)c1C. The van der Waals surface area contributed by atoms with Crippen molar-refractivity contribution >= 4 is 12.0 Å². The van der Waals surface area contributed by atoms with E-state index in [4.69, 9.17) is 4.74 Å². The maximum absolute atomic E-state index is 12.6. The van der Waals surface area contributed by atoms with Crippen molar-refractivity contribution in [3.8, 4) is 12.1 Å². The van der Waals surface area contributed by atoms with Crippen LogP contribution in [0.25, 0.3) is 6.08 Å². The molecule has 146 valence electrons. The molecule has 1 unspecified atom stereocenters. The molecular weight excluding hydrogens is 340 g/mol. The molecule has 27 heavy (non-hydrogen) atoms. The number of nitriles is 2. The third kappa shape index (κ3) is 6.27. The molecule has 0 saturated carbocycles. The molecule has 1 rings (SSSR count). The maximum Gasteiger partial charge on any atom is 0.263 e. The predicted octanol–water partition coefficient (Wildman–Crippen LogP) is 3.64. The van der Waals surface area contributed by atoms with Gasteiger partial charge in [0.05, 0.1) is 18.8 Å². The lowest BCUT2D eigenvalue weighted by molar-refractivity contribution is -0.118. The Morgan fingerprint density at radius 2 is 2.07 bits per heavy atom. The highest BCUT2D eigenvalue weighted by atomic mass is 16.5. The molecular formula is C21H30N4O2. The first kappa shape index (κ1) is 22.5. The van der Waals surface area contributed by atoms with Crippen molar-refractivity contribution in [1.29, 1.82) is 10.5 Å². The van der Waals surface area contributed by atoms with E-state index >= 15 is 0 Å². The van der Waals surface area contributed by atoms with Crippen LogP contribution in [0.3, 0.4) is 0 Å². The summed E-state index contributed by atoms with van der Waals surface area (Å²) in [5, 5.41) is 21.6. The van der Waals surface area contributed by atoms with Crippen LogP contribution in [-0.4, -0.2) is 28.7 Å². The van der Waals surface area contributed by atoms with Gasteiger partial charge in [0, 0.05) is 24.4 Å². The molecule has 1 aromatic heterocycles. The smallest absolute Gasteiger partial charge is 0.263 e. The lowest BCUT2D eigenvalue weighted by atomic mass is 9.99. The van der Waals surface area contributed by atoms with Crippen molar-refractivity contribution in [1.82, 2.24) is 9.88 Å². The first-order chi connectivity index (χ1) is 12.7. The molecule has 0 bridgehead atoms. The Morgan fingerprint density at radius 1 is 1.41 bits per heavy atom. The average molecular weight is 370 g/mol. The number of aryl methyl sites for hydroxylation is 1. The van der Waals surface area contributed by atoms with E-state index in [1.165, 1.54) is 0 Å². The second-order valence-corrected chi connectivity index (χ2v) is 7.22. The van der Waals surface area contributed by atoms with Crippen LogP contribution in [0.4, 0.5) is 0 Å². The number of carbonyl (C=O) groups is 1. The molecule has 6 nitrogen and oxygen atoms in total. The molecule has 0 aliphatic carbocycles. The van der Waals surface area contributed by atoms with E-state index in [9.17, 15) is 15.3 Å². The largest absolute Gasteiger partial charge is 0.379 e. The predicted molar refractivity (Wildman–Crippen MR) is 106 cm³/mol. The first-order valence-corrected chi connectivity index (χ1v) is 9.31. The zero-order chi connectivity index (χ0) is 20.6. The fourth-order valence-corrected chi connectivity index (χ4v) is 2.81. The summed E-state index contributed by atoms with van der Waals surface area (Å²) in [5.41, 5.74) is 1.84. The number of hydrogen-bond acceptors (Lipinski definition) is 4. The monoisotopic (exact) mass is 370 g/mol. The van der Waals surface area contributed by atoms with Gasteiger partial charge < -0.3 is 14.6 Å². The lowest BCUT2D eigenvalue weighted by Gasteiger charge is -2.23. The molecule has 0 saturated heterocycles. The number of nitrogens with one attached hydrogen (secondary N) is 1. The Bertz CT molecular complexity index is 777. The van der Waals surface area contributed by atoms with Crippen LogP contribution >= 0.6 is 0 Å². The van der Waals surface area contributed by atoms with Crippen LogP contribution < -0.4 is 5.32 Å². The fourth-order valence-electron chi connectivity index (χ4n) is 2.81. The molecule has 0 aliphatic rings. The maximum atomic E-state index is 12.6. The minimum atomic E-state index is -1.10. The van der Waals surface area contributed by atoms with Crippen LogP contribution in [0.15, 0.2) is 11.6 Å². The number of carbonyl (C=O) groups excluding carboxylic acids is 1. The van der Waals surface area contributed by atoms with Crippen molar-refractivity contribution in [2.45, 2.75) is 72.6 Å². The zero-order valence-corrected chi connectivity index (χ0v) is 17.2. The van der Waals surface area contributed by atoms with E-state index < -0.39 is 11.4 Å². The standard InChI is InChI=1S/C21H30N4O2/c1-7-9-25-16(4)11-18(17(25)5)12-19(13-22)20(26)24-21(6,14-23)8-10-27-15(2)3/h11-12,15H,7-10H2,1-6H3,(H,24,26). The van der Waals surface area contributed by atoms with Crippen molar-refractivity contribution in [2.75, 3.05) is 6.61 Å². The van der Waals surface area contributed by atoms with Gasteiger partial charge >= 0.3 is 0 Å². The average Bonchev–Trinajstić information content (AvgIpc) is 2.86. The highest BCUT2D eigenvalue weighted by Gasteiger charge is 2.27. The Labute approximate surface area is 162 Å². The van der Waals surface area contributed by atoms with Gasteiger partial charge in [0.25, 0.3) is 5.91 Å². The van der Waals surface area contributed by atoms with E-state index in [1.54, 1.807) is 13.0 Å². The summed E-state index contributed by atoms with van der Waals surface area (Å²) in [4.78, 5) is 12.6. The number of aromatic nitrogens is 1. The number of amides is 1. The molecule has 0 aromatic carbocycles. The van der Waals surface area contributed by atoms with Gasteiger partial charge in [-0.3, -0.25) is 4.79 Å². The van der Waals surface area contributed by atoms with Crippen molar-refractivity contribution in [3.63, 3.8) is 0 Å². The van der Waals surface area contributed by atoms with Gasteiger partial charge in [-0.15, -0.1) is 0 Å². The molecule has 0 spiro atoms. The van der Waals surface area contributed by atoms with Gasteiger partial charge in [-0.2, -0.15) is 10.5 Å². The summed E-state index contributed by atoms with van der Waals surface area (Å²) in [6.45, 7) is 12.8. The summed E-state index contributed by atoms with van der Waals surface area (Å²) in [6, 6.07) is 6.04. The van der Waals surface area contributed by atoms with Crippen molar-refractivity contribution in [3.05, 3.63) is 28.6 Å². The van der Waals surface area contributed by atoms with E-state index in [-0.39, 0.29) is 11.7 Å². The highest BCUT2D eigenvalue weighted by Crippen LogP contribution is 2.19. The molecule has 0 radical (unpaired) electrons. The van der Waals surface area contributed by atoms with Crippen molar-refractivity contribution < 1.29 is 9.53 Å². The van der Waals surface area contributed by atoms with Crippen LogP contribution in [0.1, 0.15) is 57.5 Å². The van der Waals surface area contributed by atoms with Gasteiger partial charge in [-0.1, -0.05) is 6.92 Å². The number of rotatable bonds is 9. The minimum absolute atomic E-state index is 0.0157. The molecule has 1 aromatic rings. The van der Waals surface area contributed by atoms with E-state index in [1.807, 2.05) is 39.8 Å².